The molecule has 2 aliphatic rings. The molecule has 3 aromatic rings. The minimum absolute atomic E-state index is 0.0721. The number of nitrogens with zero attached hydrogens (tertiary/aromatic N) is 3. The summed E-state index contributed by atoms with van der Waals surface area (Å²) >= 11 is 8.15. The number of benzene rings is 2. The van der Waals surface area contributed by atoms with Crippen molar-refractivity contribution >= 4 is 46.0 Å². The highest BCUT2D eigenvalue weighted by Crippen LogP contribution is 2.39. The average Bonchev–Trinajstić information content (AvgIpc) is 2.82. The maximum atomic E-state index is 12.2. The number of rotatable bonds is 7. The van der Waals surface area contributed by atoms with E-state index in [1.165, 1.54) is 11.8 Å². The van der Waals surface area contributed by atoms with E-state index < -0.39 is 0 Å². The van der Waals surface area contributed by atoms with Crippen molar-refractivity contribution in [3.63, 3.8) is 0 Å². The predicted molar refractivity (Wildman–Crippen MR) is 133 cm³/mol. The van der Waals surface area contributed by atoms with Gasteiger partial charge in [0, 0.05) is 37.0 Å². The van der Waals surface area contributed by atoms with Crippen LogP contribution in [-0.2, 0) is 27.5 Å². The number of ether oxygens (including phenoxy) is 2. The molecular formula is C24H26ClN5O3S. The van der Waals surface area contributed by atoms with Crippen molar-refractivity contribution in [3.8, 4) is 11.4 Å². The highest BCUT2D eigenvalue weighted by Gasteiger charge is 2.21. The minimum Gasteiger partial charge on any atom is -0.381 e. The Hall–Kier alpha value is -2.46. The number of nitrogens with two attached hydrogens (primary N) is 1. The second-order valence-corrected chi connectivity index (χ2v) is 9.90. The molecule has 0 saturated carbocycles. The van der Waals surface area contributed by atoms with Crippen LogP contribution in [0.5, 0.6) is 0 Å². The summed E-state index contributed by atoms with van der Waals surface area (Å²) in [6.45, 7) is 2.51. The van der Waals surface area contributed by atoms with Crippen molar-refractivity contribution in [3.05, 3.63) is 40.4 Å². The Morgan fingerprint density at radius 2 is 1.97 bits per heavy atom. The fourth-order valence-electron chi connectivity index (χ4n) is 4.43. The molecule has 0 aliphatic carbocycles. The van der Waals surface area contributed by atoms with Crippen molar-refractivity contribution in [2.24, 2.45) is 0 Å². The van der Waals surface area contributed by atoms with Gasteiger partial charge in [0.25, 0.3) is 0 Å². The SMILES string of the molecule is Nc1nc(SCCCC(=O)NC2CCOCC2)nc(-c2c(Cl)cc3c4c(cccc24)COC3)n1. The van der Waals surface area contributed by atoms with Crippen LogP contribution in [-0.4, -0.2) is 45.9 Å². The molecule has 10 heteroatoms. The van der Waals surface area contributed by atoms with Crippen molar-refractivity contribution in [1.29, 1.82) is 0 Å². The number of nitrogen functional groups attached to an aromatic ring is 1. The third-order valence-corrected chi connectivity index (χ3v) is 7.25. The van der Waals surface area contributed by atoms with Gasteiger partial charge in [0.15, 0.2) is 11.0 Å². The zero-order valence-corrected chi connectivity index (χ0v) is 20.3. The van der Waals surface area contributed by atoms with Gasteiger partial charge in [-0.1, -0.05) is 41.6 Å². The number of carbonyl (C=O) groups is 1. The van der Waals surface area contributed by atoms with Crippen LogP contribution in [0.2, 0.25) is 5.02 Å². The number of hydrogen-bond acceptors (Lipinski definition) is 8. The van der Waals surface area contributed by atoms with Crippen LogP contribution in [0.1, 0.15) is 36.8 Å². The second-order valence-electron chi connectivity index (χ2n) is 8.43. The summed E-state index contributed by atoms with van der Waals surface area (Å²) in [6, 6.07) is 8.22. The molecule has 1 aromatic heterocycles. The largest absolute Gasteiger partial charge is 0.381 e. The fourth-order valence-corrected chi connectivity index (χ4v) is 5.53. The highest BCUT2D eigenvalue weighted by molar-refractivity contribution is 7.99. The third-order valence-electron chi connectivity index (χ3n) is 6.02. The Balaban J connectivity index is 1.29. The Morgan fingerprint density at radius 3 is 2.82 bits per heavy atom. The number of nitrogens with one attached hydrogen (secondary N) is 1. The first-order chi connectivity index (χ1) is 16.6. The molecule has 3 N–H and O–H groups in total. The van der Waals surface area contributed by atoms with Crippen LogP contribution in [0.3, 0.4) is 0 Å². The summed E-state index contributed by atoms with van der Waals surface area (Å²) in [5.41, 5.74) is 8.95. The Morgan fingerprint density at radius 1 is 1.15 bits per heavy atom. The number of hydrogen-bond donors (Lipinski definition) is 2. The number of amides is 1. The van der Waals surface area contributed by atoms with E-state index in [0.717, 1.165) is 40.3 Å². The van der Waals surface area contributed by atoms with E-state index in [1.807, 2.05) is 18.2 Å². The summed E-state index contributed by atoms with van der Waals surface area (Å²) in [7, 11) is 0. The molecule has 0 unspecified atom stereocenters. The van der Waals surface area contributed by atoms with E-state index in [9.17, 15) is 4.79 Å². The maximum Gasteiger partial charge on any atom is 0.224 e. The summed E-state index contributed by atoms with van der Waals surface area (Å²) < 4.78 is 11.0. The van der Waals surface area contributed by atoms with Gasteiger partial charge >= 0.3 is 0 Å². The van der Waals surface area contributed by atoms with Crippen molar-refractivity contribution < 1.29 is 14.3 Å². The smallest absolute Gasteiger partial charge is 0.224 e. The molecule has 1 saturated heterocycles. The molecule has 0 atom stereocenters. The van der Waals surface area contributed by atoms with Gasteiger partial charge in [0.2, 0.25) is 11.9 Å². The summed E-state index contributed by atoms with van der Waals surface area (Å²) in [5.74, 6) is 1.36. The summed E-state index contributed by atoms with van der Waals surface area (Å²) in [5, 5.41) is 6.28. The van der Waals surface area contributed by atoms with Crippen LogP contribution in [0.15, 0.2) is 29.4 Å². The third kappa shape index (κ3) is 5.12. The Kier molecular flexibility index (Phi) is 7.15. The van der Waals surface area contributed by atoms with Gasteiger partial charge in [-0.25, -0.2) is 4.98 Å². The van der Waals surface area contributed by atoms with Gasteiger partial charge < -0.3 is 20.5 Å². The van der Waals surface area contributed by atoms with Gasteiger partial charge in [-0.05, 0) is 47.2 Å². The highest BCUT2D eigenvalue weighted by atomic mass is 35.5. The predicted octanol–water partition coefficient (Wildman–Crippen LogP) is 4.13. The lowest BCUT2D eigenvalue weighted by Crippen LogP contribution is -2.38. The Labute approximate surface area is 207 Å². The standard InChI is InChI=1S/C24H26ClN5O3S/c25-18-11-15-13-33-12-14-3-1-4-17(20(14)15)21(18)22-28-23(26)30-24(29-22)34-10-2-5-19(31)27-16-6-8-32-9-7-16/h1,3-4,11,16H,2,5-10,12-13H2,(H,27,31)(H2,26,28,29,30). The van der Waals surface area contributed by atoms with Gasteiger partial charge in [-0.15, -0.1) is 0 Å². The van der Waals surface area contributed by atoms with Crippen LogP contribution >= 0.6 is 23.4 Å². The molecule has 1 amide bonds. The zero-order valence-electron chi connectivity index (χ0n) is 18.7. The number of anilines is 1. The maximum absolute atomic E-state index is 12.2. The van der Waals surface area contributed by atoms with Gasteiger partial charge in [-0.2, -0.15) is 9.97 Å². The monoisotopic (exact) mass is 499 g/mol. The number of thioether (sulfide) groups is 1. The molecule has 2 aliphatic heterocycles. The molecule has 5 rings (SSSR count). The lowest BCUT2D eigenvalue weighted by atomic mass is 9.94. The first-order valence-corrected chi connectivity index (χ1v) is 12.8. The number of aromatic nitrogens is 3. The average molecular weight is 500 g/mol. The summed E-state index contributed by atoms with van der Waals surface area (Å²) in [4.78, 5) is 25.5. The van der Waals surface area contributed by atoms with E-state index in [4.69, 9.17) is 26.8 Å². The lowest BCUT2D eigenvalue weighted by molar-refractivity contribution is -0.122. The van der Waals surface area contributed by atoms with Crippen molar-refractivity contribution in [2.45, 2.75) is 50.1 Å². The lowest BCUT2D eigenvalue weighted by Gasteiger charge is -2.23. The van der Waals surface area contributed by atoms with Gasteiger partial charge in [0.05, 0.1) is 18.2 Å². The molecule has 1 fully saturated rings. The molecule has 2 aromatic carbocycles. The number of halogens is 1. The van der Waals surface area contributed by atoms with Gasteiger partial charge in [-0.3, -0.25) is 4.79 Å². The topological polar surface area (TPSA) is 112 Å². The molecule has 0 radical (unpaired) electrons. The normalized spacial score (nSPS) is 16.0. The quantitative estimate of drug-likeness (QED) is 0.368. The van der Waals surface area contributed by atoms with Crippen molar-refractivity contribution in [1.82, 2.24) is 20.3 Å². The minimum atomic E-state index is 0.0721. The van der Waals surface area contributed by atoms with E-state index >= 15 is 0 Å². The van der Waals surface area contributed by atoms with E-state index in [1.54, 1.807) is 0 Å². The molecule has 3 heterocycles. The van der Waals surface area contributed by atoms with E-state index in [0.29, 0.717) is 61.0 Å². The van der Waals surface area contributed by atoms with Gasteiger partial charge in [0.1, 0.15) is 0 Å². The van der Waals surface area contributed by atoms with Crippen LogP contribution in [0.4, 0.5) is 5.95 Å². The first-order valence-electron chi connectivity index (χ1n) is 11.4. The molecule has 0 bridgehead atoms. The molecule has 178 valence electrons. The summed E-state index contributed by atoms with van der Waals surface area (Å²) in [6.07, 6.45) is 2.92. The number of carbonyl (C=O) groups excluding carboxylic acids is 1. The Bertz CT molecular complexity index is 1220. The van der Waals surface area contributed by atoms with Crippen LogP contribution in [0, 0.1) is 0 Å². The van der Waals surface area contributed by atoms with E-state index in [-0.39, 0.29) is 17.9 Å². The molecule has 0 spiro atoms. The van der Waals surface area contributed by atoms with E-state index in [2.05, 4.69) is 26.3 Å². The zero-order chi connectivity index (χ0) is 23.5. The molecule has 34 heavy (non-hydrogen) atoms. The second kappa shape index (κ2) is 10.4. The first kappa shape index (κ1) is 23.3. The van der Waals surface area contributed by atoms with Crippen molar-refractivity contribution in [2.75, 3.05) is 24.7 Å². The van der Waals surface area contributed by atoms with Crippen LogP contribution < -0.4 is 11.1 Å². The molecule has 8 nitrogen and oxygen atoms in total. The molecular weight excluding hydrogens is 474 g/mol. The fraction of sp³-hybridized carbons (Fsp3) is 0.417. The van der Waals surface area contributed by atoms with Crippen LogP contribution in [0.25, 0.3) is 22.2 Å².